The van der Waals surface area contributed by atoms with Crippen LogP contribution in [0, 0.1) is 5.82 Å². The minimum Gasteiger partial charge on any atom is -0.377 e. The van der Waals surface area contributed by atoms with Crippen molar-refractivity contribution in [1.29, 1.82) is 0 Å². The van der Waals surface area contributed by atoms with Crippen LogP contribution in [0.15, 0.2) is 41.2 Å². The summed E-state index contributed by atoms with van der Waals surface area (Å²) in [6.07, 6.45) is 0.0976. The lowest BCUT2D eigenvalue weighted by Gasteiger charge is -2.10. The first-order valence-electron chi connectivity index (χ1n) is 6.52. The highest BCUT2D eigenvalue weighted by atomic mass is 19.1. The van der Waals surface area contributed by atoms with Crippen molar-refractivity contribution in [3.8, 4) is 11.3 Å². The number of rotatable bonds is 5. The molecule has 0 spiro atoms. The second-order valence-corrected chi connectivity index (χ2v) is 4.68. The van der Waals surface area contributed by atoms with E-state index in [-0.39, 0.29) is 17.5 Å². The van der Waals surface area contributed by atoms with E-state index < -0.39 is 0 Å². The molecule has 20 heavy (non-hydrogen) atoms. The highest BCUT2D eigenvalue weighted by molar-refractivity contribution is 5.58. The first kappa shape index (κ1) is 14.4. The molecular formula is C15H17FN2O2. The summed E-state index contributed by atoms with van der Waals surface area (Å²) in [5.41, 5.74) is 0.593. The number of hydrogen-bond donors (Lipinski definition) is 0. The molecule has 4 nitrogen and oxygen atoms in total. The maximum absolute atomic E-state index is 13.7. The van der Waals surface area contributed by atoms with Crippen molar-refractivity contribution in [2.24, 2.45) is 0 Å². The fourth-order valence-corrected chi connectivity index (χ4v) is 1.80. The SMILES string of the molecule is CC(C)OCCn1nc(-c2ccccc2F)ccc1=O. The molecule has 0 saturated carbocycles. The van der Waals surface area contributed by atoms with Gasteiger partial charge >= 0.3 is 0 Å². The number of benzene rings is 1. The van der Waals surface area contributed by atoms with Crippen LogP contribution in [0.4, 0.5) is 4.39 Å². The zero-order valence-corrected chi connectivity index (χ0v) is 11.5. The minimum atomic E-state index is -0.358. The summed E-state index contributed by atoms with van der Waals surface area (Å²) in [5.74, 6) is -0.358. The highest BCUT2D eigenvalue weighted by Gasteiger charge is 2.07. The molecule has 0 bridgehead atoms. The smallest absolute Gasteiger partial charge is 0.266 e. The molecule has 0 aliphatic carbocycles. The fraction of sp³-hybridized carbons (Fsp3) is 0.333. The van der Waals surface area contributed by atoms with Crippen LogP contribution in [0.3, 0.4) is 0 Å². The predicted octanol–water partition coefficient (Wildman–Crippen LogP) is 2.47. The maximum atomic E-state index is 13.7. The second-order valence-electron chi connectivity index (χ2n) is 4.68. The van der Waals surface area contributed by atoms with Gasteiger partial charge in [-0.25, -0.2) is 9.07 Å². The standard InChI is InChI=1S/C15H17FN2O2/c1-11(2)20-10-9-18-15(19)8-7-14(17-18)12-5-3-4-6-13(12)16/h3-8,11H,9-10H2,1-2H3. The van der Waals surface area contributed by atoms with Crippen LogP contribution in [-0.2, 0) is 11.3 Å². The lowest BCUT2D eigenvalue weighted by atomic mass is 10.1. The summed E-state index contributed by atoms with van der Waals surface area (Å²) in [6.45, 7) is 4.59. The maximum Gasteiger partial charge on any atom is 0.266 e. The Morgan fingerprint density at radius 2 is 2.00 bits per heavy atom. The Bertz CT molecular complexity index is 638. The number of ether oxygens (including phenoxy) is 1. The zero-order chi connectivity index (χ0) is 14.5. The second kappa shape index (κ2) is 6.43. The lowest BCUT2D eigenvalue weighted by Crippen LogP contribution is -2.25. The van der Waals surface area contributed by atoms with E-state index in [1.165, 1.54) is 22.9 Å². The molecule has 0 fully saturated rings. The molecule has 1 heterocycles. The van der Waals surface area contributed by atoms with Crippen LogP contribution in [0.1, 0.15) is 13.8 Å². The van der Waals surface area contributed by atoms with E-state index in [9.17, 15) is 9.18 Å². The van der Waals surface area contributed by atoms with E-state index in [0.717, 1.165) is 0 Å². The quantitative estimate of drug-likeness (QED) is 0.842. The van der Waals surface area contributed by atoms with Crippen molar-refractivity contribution in [2.75, 3.05) is 6.61 Å². The van der Waals surface area contributed by atoms with Crippen molar-refractivity contribution in [2.45, 2.75) is 26.5 Å². The van der Waals surface area contributed by atoms with Crippen molar-refractivity contribution in [3.63, 3.8) is 0 Å². The monoisotopic (exact) mass is 276 g/mol. The molecule has 0 amide bonds. The Labute approximate surface area is 116 Å². The van der Waals surface area contributed by atoms with Gasteiger partial charge in [0, 0.05) is 11.6 Å². The molecule has 1 aromatic heterocycles. The summed E-state index contributed by atoms with van der Waals surface area (Å²) in [6, 6.07) is 9.28. The minimum absolute atomic E-state index is 0.0976. The van der Waals surface area contributed by atoms with Crippen molar-refractivity contribution in [1.82, 2.24) is 9.78 Å². The fourth-order valence-electron chi connectivity index (χ4n) is 1.80. The van der Waals surface area contributed by atoms with E-state index in [2.05, 4.69) is 5.10 Å². The molecule has 0 atom stereocenters. The lowest BCUT2D eigenvalue weighted by molar-refractivity contribution is 0.0702. The van der Waals surface area contributed by atoms with Gasteiger partial charge in [-0.1, -0.05) is 12.1 Å². The van der Waals surface area contributed by atoms with Crippen LogP contribution in [-0.4, -0.2) is 22.5 Å². The van der Waals surface area contributed by atoms with E-state index in [1.807, 2.05) is 13.8 Å². The Kier molecular flexibility index (Phi) is 4.63. The van der Waals surface area contributed by atoms with Crippen molar-refractivity contribution >= 4 is 0 Å². The van der Waals surface area contributed by atoms with E-state index in [0.29, 0.717) is 24.4 Å². The van der Waals surface area contributed by atoms with Crippen LogP contribution in [0.5, 0.6) is 0 Å². The van der Waals surface area contributed by atoms with Crippen LogP contribution in [0.2, 0.25) is 0 Å². The Morgan fingerprint density at radius 1 is 1.25 bits per heavy atom. The van der Waals surface area contributed by atoms with Gasteiger partial charge < -0.3 is 4.74 Å². The Balaban J connectivity index is 2.25. The Hall–Kier alpha value is -2.01. The van der Waals surface area contributed by atoms with Crippen LogP contribution in [0.25, 0.3) is 11.3 Å². The summed E-state index contributed by atoms with van der Waals surface area (Å²) >= 11 is 0. The first-order chi connectivity index (χ1) is 9.58. The first-order valence-corrected chi connectivity index (χ1v) is 6.52. The average molecular weight is 276 g/mol. The van der Waals surface area contributed by atoms with Crippen LogP contribution < -0.4 is 5.56 Å². The van der Waals surface area contributed by atoms with Gasteiger partial charge in [-0.3, -0.25) is 4.79 Å². The number of aromatic nitrogens is 2. The van der Waals surface area contributed by atoms with Gasteiger partial charge in [0.2, 0.25) is 0 Å². The summed E-state index contributed by atoms with van der Waals surface area (Å²) in [7, 11) is 0. The molecule has 0 aliphatic heterocycles. The van der Waals surface area contributed by atoms with Gasteiger partial charge in [0.15, 0.2) is 0 Å². The van der Waals surface area contributed by atoms with Crippen molar-refractivity contribution in [3.05, 3.63) is 52.6 Å². The van der Waals surface area contributed by atoms with E-state index in [1.54, 1.807) is 18.2 Å². The zero-order valence-electron chi connectivity index (χ0n) is 11.5. The number of nitrogens with zero attached hydrogens (tertiary/aromatic N) is 2. The third-order valence-corrected chi connectivity index (χ3v) is 2.77. The third-order valence-electron chi connectivity index (χ3n) is 2.77. The molecule has 0 N–H and O–H groups in total. The van der Waals surface area contributed by atoms with Crippen molar-refractivity contribution < 1.29 is 9.13 Å². The van der Waals surface area contributed by atoms with E-state index >= 15 is 0 Å². The molecule has 2 rings (SSSR count). The molecule has 1 aromatic carbocycles. The van der Waals surface area contributed by atoms with Gasteiger partial charge in [0.05, 0.1) is 24.9 Å². The van der Waals surface area contributed by atoms with Crippen LogP contribution >= 0.6 is 0 Å². The summed E-state index contributed by atoms with van der Waals surface area (Å²) in [5, 5.41) is 4.18. The van der Waals surface area contributed by atoms with Gasteiger partial charge in [-0.2, -0.15) is 5.10 Å². The highest BCUT2D eigenvalue weighted by Crippen LogP contribution is 2.18. The molecule has 0 radical (unpaired) electrons. The molecule has 0 aliphatic rings. The van der Waals surface area contributed by atoms with E-state index in [4.69, 9.17) is 4.74 Å². The van der Waals surface area contributed by atoms with Gasteiger partial charge in [0.25, 0.3) is 5.56 Å². The topological polar surface area (TPSA) is 44.1 Å². The molecule has 5 heteroatoms. The largest absolute Gasteiger partial charge is 0.377 e. The third kappa shape index (κ3) is 3.51. The predicted molar refractivity (Wildman–Crippen MR) is 75.0 cm³/mol. The summed E-state index contributed by atoms with van der Waals surface area (Å²) < 4.78 is 20.4. The Morgan fingerprint density at radius 3 is 2.70 bits per heavy atom. The number of hydrogen-bond acceptors (Lipinski definition) is 3. The molecule has 0 unspecified atom stereocenters. The molecule has 2 aromatic rings. The molecular weight excluding hydrogens is 259 g/mol. The normalized spacial score (nSPS) is 11.0. The van der Waals surface area contributed by atoms with Gasteiger partial charge in [-0.15, -0.1) is 0 Å². The van der Waals surface area contributed by atoms with Gasteiger partial charge in [-0.05, 0) is 32.0 Å². The average Bonchev–Trinajstić information content (AvgIpc) is 2.41. The van der Waals surface area contributed by atoms with Gasteiger partial charge in [0.1, 0.15) is 5.82 Å². The summed E-state index contributed by atoms with van der Waals surface area (Å²) in [4.78, 5) is 11.7. The number of halogens is 1. The molecule has 106 valence electrons. The molecule has 0 saturated heterocycles.